The van der Waals surface area contributed by atoms with Gasteiger partial charge in [0.25, 0.3) is 5.91 Å². The number of fused-ring (bicyclic) bond motifs is 1. The number of nitrogen functional groups attached to an aromatic ring is 1. The van der Waals surface area contributed by atoms with Gasteiger partial charge in [0, 0.05) is 38.4 Å². The fourth-order valence-corrected chi connectivity index (χ4v) is 3.03. The van der Waals surface area contributed by atoms with Crippen LogP contribution in [0.3, 0.4) is 0 Å². The first kappa shape index (κ1) is 13.4. The normalized spacial score (nSPS) is 10.7. The molecule has 0 bridgehead atoms. The maximum atomic E-state index is 12.5. The molecule has 0 spiro atoms. The quantitative estimate of drug-likeness (QED) is 0.799. The molecule has 0 atom stereocenters. The number of nitrogens with two attached hydrogens (primary N) is 1. The number of pyridine rings is 1. The van der Waals surface area contributed by atoms with E-state index in [9.17, 15) is 4.79 Å². The molecular weight excluding hydrogens is 286 g/mol. The summed E-state index contributed by atoms with van der Waals surface area (Å²) in [6, 6.07) is 3.75. The zero-order valence-electron chi connectivity index (χ0n) is 11.4. The van der Waals surface area contributed by atoms with Crippen molar-refractivity contribution in [1.29, 1.82) is 0 Å². The molecule has 3 rings (SSSR count). The van der Waals surface area contributed by atoms with Crippen molar-refractivity contribution in [2.24, 2.45) is 0 Å². The summed E-state index contributed by atoms with van der Waals surface area (Å²) in [6.45, 7) is 0.496. The first-order valence-electron chi connectivity index (χ1n) is 6.30. The van der Waals surface area contributed by atoms with Crippen LogP contribution in [-0.2, 0) is 6.54 Å². The average Bonchev–Trinajstić information content (AvgIpc) is 2.85. The minimum atomic E-state index is -0.130. The van der Waals surface area contributed by atoms with E-state index in [-0.39, 0.29) is 5.91 Å². The summed E-state index contributed by atoms with van der Waals surface area (Å²) in [7, 11) is 1.74. The predicted octanol–water partition coefficient (Wildman–Crippen LogP) is 1.94. The van der Waals surface area contributed by atoms with Gasteiger partial charge in [-0.15, -0.1) is 11.3 Å². The first-order valence-corrected chi connectivity index (χ1v) is 7.12. The summed E-state index contributed by atoms with van der Waals surface area (Å²) in [5.41, 5.74) is 8.02. The lowest BCUT2D eigenvalue weighted by molar-refractivity contribution is 0.0791. The number of carbonyl (C=O) groups is 1. The third-order valence-corrected chi connectivity index (χ3v) is 4.16. The van der Waals surface area contributed by atoms with Crippen molar-refractivity contribution in [3.8, 4) is 0 Å². The number of rotatable bonds is 3. The van der Waals surface area contributed by atoms with Crippen molar-refractivity contribution in [3.63, 3.8) is 0 Å². The van der Waals surface area contributed by atoms with E-state index in [4.69, 9.17) is 5.73 Å². The maximum Gasteiger partial charge on any atom is 0.266 e. The van der Waals surface area contributed by atoms with Crippen molar-refractivity contribution in [2.45, 2.75) is 6.54 Å². The number of carbonyl (C=O) groups excluding carboxylic acids is 1. The zero-order chi connectivity index (χ0) is 14.8. The fourth-order valence-electron chi connectivity index (χ4n) is 2.01. The van der Waals surface area contributed by atoms with E-state index in [0.29, 0.717) is 27.5 Å². The molecule has 0 fully saturated rings. The van der Waals surface area contributed by atoms with Gasteiger partial charge in [0.05, 0.1) is 5.69 Å². The molecule has 6 nitrogen and oxygen atoms in total. The summed E-state index contributed by atoms with van der Waals surface area (Å²) < 4.78 is 0. The van der Waals surface area contributed by atoms with Crippen LogP contribution in [0, 0.1) is 0 Å². The second-order valence-electron chi connectivity index (χ2n) is 4.57. The van der Waals surface area contributed by atoms with E-state index in [1.54, 1.807) is 36.7 Å². The van der Waals surface area contributed by atoms with Crippen molar-refractivity contribution in [2.75, 3.05) is 12.8 Å². The smallest absolute Gasteiger partial charge is 0.266 e. The molecule has 0 aliphatic carbocycles. The minimum Gasteiger partial charge on any atom is -0.396 e. The molecule has 1 amide bonds. The van der Waals surface area contributed by atoms with Gasteiger partial charge in [0.2, 0.25) is 0 Å². The van der Waals surface area contributed by atoms with Crippen LogP contribution in [0.25, 0.3) is 10.3 Å². The number of nitrogens with zero attached hydrogens (tertiary/aromatic N) is 4. The third-order valence-electron chi connectivity index (χ3n) is 3.07. The maximum absolute atomic E-state index is 12.5. The van der Waals surface area contributed by atoms with Gasteiger partial charge >= 0.3 is 0 Å². The van der Waals surface area contributed by atoms with E-state index >= 15 is 0 Å². The standard InChI is InChI=1S/C14H13N5OS/c1-19(8-9-2-4-16-5-3-9)14(20)12-10(15)11-13(21-12)18-7-6-17-11/h2-7H,8,15H2,1H3. The van der Waals surface area contributed by atoms with Crippen LogP contribution in [0.1, 0.15) is 15.2 Å². The SMILES string of the molecule is CN(Cc1ccncc1)C(=O)c1sc2nccnc2c1N. The van der Waals surface area contributed by atoms with Crippen molar-refractivity contribution in [3.05, 3.63) is 47.4 Å². The van der Waals surface area contributed by atoms with Crippen molar-refractivity contribution in [1.82, 2.24) is 19.9 Å². The molecular formula is C14H13N5OS. The van der Waals surface area contributed by atoms with Gasteiger partial charge in [-0.1, -0.05) is 0 Å². The number of hydrogen-bond donors (Lipinski definition) is 1. The Balaban J connectivity index is 1.88. The van der Waals surface area contributed by atoms with Crippen LogP contribution in [0.15, 0.2) is 36.9 Å². The molecule has 7 heteroatoms. The third kappa shape index (κ3) is 2.55. The number of hydrogen-bond acceptors (Lipinski definition) is 6. The van der Waals surface area contributed by atoms with E-state index in [1.807, 2.05) is 12.1 Å². The van der Waals surface area contributed by atoms with Gasteiger partial charge in [0.15, 0.2) is 0 Å². The van der Waals surface area contributed by atoms with Gasteiger partial charge in [-0.05, 0) is 17.7 Å². The van der Waals surface area contributed by atoms with E-state index < -0.39 is 0 Å². The van der Waals surface area contributed by atoms with Gasteiger partial charge in [-0.25, -0.2) is 9.97 Å². The Morgan fingerprint density at radius 2 is 1.95 bits per heavy atom. The van der Waals surface area contributed by atoms with Crippen LogP contribution in [0.5, 0.6) is 0 Å². The number of aromatic nitrogens is 3. The zero-order valence-corrected chi connectivity index (χ0v) is 12.2. The van der Waals surface area contributed by atoms with Crippen LogP contribution >= 0.6 is 11.3 Å². The minimum absolute atomic E-state index is 0.130. The molecule has 3 heterocycles. The number of thiophene rings is 1. The number of amides is 1. The molecule has 2 N–H and O–H groups in total. The lowest BCUT2D eigenvalue weighted by Gasteiger charge is -2.16. The Morgan fingerprint density at radius 3 is 2.67 bits per heavy atom. The predicted molar refractivity (Wildman–Crippen MR) is 81.9 cm³/mol. The Hall–Kier alpha value is -2.54. The Labute approximate surface area is 125 Å². The molecule has 21 heavy (non-hydrogen) atoms. The van der Waals surface area contributed by atoms with Crippen molar-refractivity contribution >= 4 is 33.3 Å². The van der Waals surface area contributed by atoms with Crippen LogP contribution in [0.2, 0.25) is 0 Å². The molecule has 0 saturated heterocycles. The Kier molecular flexibility index (Phi) is 3.49. The molecule has 0 unspecified atom stereocenters. The van der Waals surface area contributed by atoms with E-state index in [0.717, 1.165) is 5.56 Å². The highest BCUT2D eigenvalue weighted by Crippen LogP contribution is 2.31. The highest BCUT2D eigenvalue weighted by Gasteiger charge is 2.21. The van der Waals surface area contributed by atoms with Crippen LogP contribution in [-0.4, -0.2) is 32.8 Å². The monoisotopic (exact) mass is 299 g/mol. The summed E-state index contributed by atoms with van der Waals surface area (Å²) >= 11 is 1.27. The largest absolute Gasteiger partial charge is 0.396 e. The Bertz CT molecular complexity index is 786. The summed E-state index contributed by atoms with van der Waals surface area (Å²) in [5, 5.41) is 0. The molecule has 0 saturated carbocycles. The summed E-state index contributed by atoms with van der Waals surface area (Å²) in [6.07, 6.45) is 6.57. The second kappa shape index (κ2) is 5.45. The number of anilines is 1. The van der Waals surface area contributed by atoms with Crippen LogP contribution < -0.4 is 5.73 Å². The van der Waals surface area contributed by atoms with Crippen LogP contribution in [0.4, 0.5) is 5.69 Å². The molecule has 106 valence electrons. The fraction of sp³-hybridized carbons (Fsp3) is 0.143. The van der Waals surface area contributed by atoms with Crippen molar-refractivity contribution < 1.29 is 4.79 Å². The molecule has 0 aromatic carbocycles. The molecule has 3 aromatic rings. The molecule has 3 aromatic heterocycles. The average molecular weight is 299 g/mol. The van der Waals surface area contributed by atoms with E-state index in [1.165, 1.54) is 11.3 Å². The summed E-state index contributed by atoms with van der Waals surface area (Å²) in [5.74, 6) is -0.130. The van der Waals surface area contributed by atoms with Gasteiger partial charge in [-0.3, -0.25) is 9.78 Å². The summed E-state index contributed by atoms with van der Waals surface area (Å²) in [4.78, 5) is 27.6. The highest BCUT2D eigenvalue weighted by molar-refractivity contribution is 7.21. The highest BCUT2D eigenvalue weighted by atomic mass is 32.1. The Morgan fingerprint density at radius 1 is 1.24 bits per heavy atom. The topological polar surface area (TPSA) is 85.0 Å². The van der Waals surface area contributed by atoms with E-state index in [2.05, 4.69) is 15.0 Å². The van der Waals surface area contributed by atoms with Gasteiger partial charge < -0.3 is 10.6 Å². The molecule has 0 aliphatic rings. The second-order valence-corrected chi connectivity index (χ2v) is 5.57. The lowest BCUT2D eigenvalue weighted by atomic mass is 10.2. The first-order chi connectivity index (χ1) is 10.2. The van der Waals surface area contributed by atoms with Gasteiger partial charge in [-0.2, -0.15) is 0 Å². The molecule has 0 aliphatic heterocycles. The lowest BCUT2D eigenvalue weighted by Crippen LogP contribution is -2.26. The van der Waals surface area contributed by atoms with Gasteiger partial charge in [0.1, 0.15) is 15.2 Å². The molecule has 0 radical (unpaired) electrons.